The zero-order valence-electron chi connectivity index (χ0n) is 10.8. The third-order valence-corrected chi connectivity index (χ3v) is 3.19. The van der Waals surface area contributed by atoms with Crippen LogP contribution < -0.4 is 5.73 Å². The van der Waals surface area contributed by atoms with Crippen LogP contribution in [0.2, 0.25) is 0 Å². The highest BCUT2D eigenvalue weighted by Crippen LogP contribution is 2.19. The Balaban J connectivity index is 1.78. The van der Waals surface area contributed by atoms with Gasteiger partial charge in [0.1, 0.15) is 0 Å². The lowest BCUT2D eigenvalue weighted by Crippen LogP contribution is -2.33. The number of ether oxygens (including phenoxy) is 2. The predicted octanol–water partition coefficient (Wildman–Crippen LogP) is 1.62. The molecule has 6 nitrogen and oxygen atoms in total. The summed E-state index contributed by atoms with van der Waals surface area (Å²) in [5.74, 6) is 0. The van der Waals surface area contributed by atoms with Crippen molar-refractivity contribution in [3.63, 3.8) is 0 Å². The van der Waals surface area contributed by atoms with Crippen molar-refractivity contribution in [1.82, 2.24) is 0 Å². The number of nitro groups is 1. The Kier molecular flexibility index (Phi) is 4.47. The van der Waals surface area contributed by atoms with Crippen molar-refractivity contribution in [2.45, 2.75) is 38.2 Å². The summed E-state index contributed by atoms with van der Waals surface area (Å²) >= 11 is 0. The van der Waals surface area contributed by atoms with Crippen molar-refractivity contribution in [3.8, 4) is 0 Å². The van der Waals surface area contributed by atoms with Crippen molar-refractivity contribution in [3.05, 3.63) is 39.9 Å². The second kappa shape index (κ2) is 6.10. The van der Waals surface area contributed by atoms with Gasteiger partial charge in [-0.15, -0.1) is 0 Å². The minimum Gasteiger partial charge on any atom is -0.374 e. The summed E-state index contributed by atoms with van der Waals surface area (Å²) < 4.78 is 11.2. The van der Waals surface area contributed by atoms with E-state index in [1.807, 2.05) is 6.92 Å². The van der Waals surface area contributed by atoms with Gasteiger partial charge in [-0.25, -0.2) is 0 Å². The smallest absolute Gasteiger partial charge is 0.269 e. The maximum Gasteiger partial charge on any atom is 0.269 e. The maximum atomic E-state index is 10.5. The van der Waals surface area contributed by atoms with Crippen LogP contribution in [-0.4, -0.2) is 29.8 Å². The molecule has 1 heterocycles. The lowest BCUT2D eigenvalue weighted by molar-refractivity contribution is -0.384. The number of hydrogen-bond acceptors (Lipinski definition) is 5. The van der Waals surface area contributed by atoms with Crippen molar-refractivity contribution >= 4 is 5.69 Å². The van der Waals surface area contributed by atoms with Gasteiger partial charge in [0, 0.05) is 18.2 Å². The van der Waals surface area contributed by atoms with Gasteiger partial charge >= 0.3 is 0 Å². The lowest BCUT2D eigenvalue weighted by atomic mass is 10.1. The molecule has 0 aromatic heterocycles. The first-order valence-corrected chi connectivity index (χ1v) is 6.28. The predicted molar refractivity (Wildman–Crippen MR) is 69.7 cm³/mol. The van der Waals surface area contributed by atoms with Crippen molar-refractivity contribution in [2.75, 3.05) is 6.61 Å². The fourth-order valence-electron chi connectivity index (χ4n) is 2.16. The first-order valence-electron chi connectivity index (χ1n) is 6.28. The van der Waals surface area contributed by atoms with E-state index in [0.717, 1.165) is 12.0 Å². The van der Waals surface area contributed by atoms with Crippen molar-refractivity contribution in [1.29, 1.82) is 0 Å². The number of rotatable bonds is 5. The second-order valence-corrected chi connectivity index (χ2v) is 4.82. The van der Waals surface area contributed by atoms with Crippen LogP contribution in [0.1, 0.15) is 18.9 Å². The van der Waals surface area contributed by atoms with E-state index in [0.29, 0.717) is 13.2 Å². The van der Waals surface area contributed by atoms with Crippen LogP contribution in [0, 0.1) is 10.1 Å². The first kappa shape index (κ1) is 13.9. The lowest BCUT2D eigenvalue weighted by Gasteiger charge is -2.15. The second-order valence-electron chi connectivity index (χ2n) is 4.82. The van der Waals surface area contributed by atoms with Gasteiger partial charge in [-0.2, -0.15) is 0 Å². The van der Waals surface area contributed by atoms with E-state index in [1.54, 1.807) is 12.1 Å². The molecule has 1 aliphatic heterocycles. The van der Waals surface area contributed by atoms with Gasteiger partial charge in [-0.1, -0.05) is 0 Å². The largest absolute Gasteiger partial charge is 0.374 e. The van der Waals surface area contributed by atoms with E-state index in [1.165, 1.54) is 12.1 Å². The van der Waals surface area contributed by atoms with Gasteiger partial charge in [0.15, 0.2) is 0 Å². The van der Waals surface area contributed by atoms with E-state index in [-0.39, 0.29) is 23.9 Å². The maximum absolute atomic E-state index is 10.5. The summed E-state index contributed by atoms with van der Waals surface area (Å²) in [5, 5.41) is 10.5. The van der Waals surface area contributed by atoms with E-state index in [9.17, 15) is 10.1 Å². The van der Waals surface area contributed by atoms with Gasteiger partial charge in [0.2, 0.25) is 0 Å². The molecule has 19 heavy (non-hydrogen) atoms. The van der Waals surface area contributed by atoms with Gasteiger partial charge in [-0.3, -0.25) is 10.1 Å². The molecule has 1 fully saturated rings. The van der Waals surface area contributed by atoms with Crippen LogP contribution in [0.15, 0.2) is 24.3 Å². The van der Waals surface area contributed by atoms with E-state index in [4.69, 9.17) is 15.2 Å². The Morgan fingerprint density at radius 3 is 2.68 bits per heavy atom. The van der Waals surface area contributed by atoms with Gasteiger partial charge in [0.05, 0.1) is 30.3 Å². The summed E-state index contributed by atoms with van der Waals surface area (Å²) in [6.07, 6.45) is 0.974. The molecule has 1 aromatic rings. The molecule has 1 unspecified atom stereocenters. The van der Waals surface area contributed by atoms with E-state index < -0.39 is 4.92 Å². The topological polar surface area (TPSA) is 87.6 Å². The summed E-state index contributed by atoms with van der Waals surface area (Å²) in [4.78, 5) is 10.1. The molecular weight excluding hydrogens is 248 g/mol. The third-order valence-electron chi connectivity index (χ3n) is 3.19. The Morgan fingerprint density at radius 2 is 2.16 bits per heavy atom. The molecule has 0 bridgehead atoms. The molecule has 0 amide bonds. The van der Waals surface area contributed by atoms with Crippen molar-refractivity contribution in [2.24, 2.45) is 5.73 Å². The molecule has 3 atom stereocenters. The number of non-ortho nitro benzene ring substituents is 1. The average Bonchev–Trinajstić information content (AvgIpc) is 2.68. The molecule has 0 radical (unpaired) electrons. The third kappa shape index (κ3) is 3.73. The molecule has 1 aliphatic rings. The number of nitrogens with zero attached hydrogens (tertiary/aromatic N) is 1. The van der Waals surface area contributed by atoms with Gasteiger partial charge in [0.25, 0.3) is 5.69 Å². The molecule has 2 N–H and O–H groups in total. The van der Waals surface area contributed by atoms with Gasteiger partial charge < -0.3 is 15.2 Å². The molecule has 1 saturated heterocycles. The summed E-state index contributed by atoms with van der Waals surface area (Å²) in [5.41, 5.74) is 6.90. The standard InChI is InChI=1S/C13H18N2O4/c1-9-6-12(14)13(19-9)8-18-7-10-2-4-11(5-3-10)15(16)17/h2-5,9,12-13H,6-8,14H2,1H3/t9?,12-,13-/m1/s1. The fraction of sp³-hybridized carbons (Fsp3) is 0.538. The summed E-state index contributed by atoms with van der Waals surface area (Å²) in [6.45, 7) is 2.84. The Hall–Kier alpha value is -1.50. The SMILES string of the molecule is CC1C[C@@H](N)[C@@H](COCc2ccc([N+](=O)[O-])cc2)O1. The molecule has 1 aromatic carbocycles. The first-order chi connectivity index (χ1) is 9.06. The molecule has 104 valence electrons. The molecular formula is C13H18N2O4. The van der Waals surface area contributed by atoms with Crippen LogP contribution in [0.5, 0.6) is 0 Å². The van der Waals surface area contributed by atoms with Crippen LogP contribution in [0.4, 0.5) is 5.69 Å². The molecule has 0 spiro atoms. The highest BCUT2D eigenvalue weighted by Gasteiger charge is 2.29. The normalized spacial score (nSPS) is 26.5. The summed E-state index contributed by atoms with van der Waals surface area (Å²) in [7, 11) is 0. The molecule has 6 heteroatoms. The average molecular weight is 266 g/mol. The molecule has 0 aliphatic carbocycles. The van der Waals surface area contributed by atoms with E-state index >= 15 is 0 Å². The quantitative estimate of drug-likeness (QED) is 0.646. The Bertz CT molecular complexity index is 435. The summed E-state index contributed by atoms with van der Waals surface area (Å²) in [6, 6.07) is 6.34. The molecule has 2 rings (SSSR count). The monoisotopic (exact) mass is 266 g/mol. The number of nitro benzene ring substituents is 1. The minimum absolute atomic E-state index is 0.0202. The fourth-order valence-corrected chi connectivity index (χ4v) is 2.16. The zero-order valence-corrected chi connectivity index (χ0v) is 10.8. The number of hydrogen-bond donors (Lipinski definition) is 1. The Labute approximate surface area is 111 Å². The van der Waals surface area contributed by atoms with Crippen LogP contribution in [-0.2, 0) is 16.1 Å². The van der Waals surface area contributed by atoms with E-state index in [2.05, 4.69) is 0 Å². The van der Waals surface area contributed by atoms with Crippen LogP contribution >= 0.6 is 0 Å². The van der Waals surface area contributed by atoms with Crippen LogP contribution in [0.25, 0.3) is 0 Å². The minimum atomic E-state index is -0.419. The number of nitrogens with two attached hydrogens (primary N) is 1. The zero-order chi connectivity index (χ0) is 13.8. The molecule has 0 saturated carbocycles. The Morgan fingerprint density at radius 1 is 1.47 bits per heavy atom. The van der Waals surface area contributed by atoms with Gasteiger partial charge in [-0.05, 0) is 31.0 Å². The number of benzene rings is 1. The van der Waals surface area contributed by atoms with Crippen molar-refractivity contribution < 1.29 is 14.4 Å². The highest BCUT2D eigenvalue weighted by molar-refractivity contribution is 5.32. The van der Waals surface area contributed by atoms with Crippen LogP contribution in [0.3, 0.4) is 0 Å². The highest BCUT2D eigenvalue weighted by atomic mass is 16.6.